The van der Waals surface area contributed by atoms with E-state index >= 15 is 0 Å². The molecule has 1 heterocycles. The molecule has 2 N–H and O–H groups in total. The third-order valence-corrected chi connectivity index (χ3v) is 4.36. The molecular weight excluding hydrogens is 326 g/mol. The molecule has 1 fully saturated rings. The number of hydrogen-bond donors (Lipinski definition) is 2. The van der Waals surface area contributed by atoms with Gasteiger partial charge in [0.2, 0.25) is 0 Å². The van der Waals surface area contributed by atoms with Crippen molar-refractivity contribution in [3.8, 4) is 5.75 Å². The van der Waals surface area contributed by atoms with Crippen molar-refractivity contribution in [1.29, 1.82) is 0 Å². The Morgan fingerprint density at radius 2 is 1.75 bits per heavy atom. The molecule has 0 radical (unpaired) electrons. The summed E-state index contributed by atoms with van der Waals surface area (Å²) in [5, 5.41) is 19.5. The summed E-state index contributed by atoms with van der Waals surface area (Å²) in [4.78, 5) is 1.41. The molecule has 0 saturated carbocycles. The Morgan fingerprint density at radius 1 is 1.08 bits per heavy atom. The first kappa shape index (κ1) is 16.9. The average Bonchev–Trinajstić information content (AvgIpc) is 2.59. The van der Waals surface area contributed by atoms with Crippen molar-refractivity contribution < 1.29 is 14.7 Å². The van der Waals surface area contributed by atoms with Crippen molar-refractivity contribution in [1.82, 2.24) is 0 Å². The maximum Gasteiger partial charge on any atom is 0.127 e. The molecule has 0 amide bonds. The van der Waals surface area contributed by atoms with E-state index in [0.717, 1.165) is 55.3 Å². The standard InChI is InChI=1S/C18H20ClN3O2/c1-13-10-17(21-20-16-4-2-15(19)3-5-16)11-14(18(13)23)12-22-6-8-24-9-7-22/h2-5,10-11,23H,6-9,12H2,1H3/p+1. The van der Waals surface area contributed by atoms with Gasteiger partial charge >= 0.3 is 0 Å². The first-order valence-corrected chi connectivity index (χ1v) is 8.41. The third-order valence-electron chi connectivity index (χ3n) is 4.11. The van der Waals surface area contributed by atoms with Crippen LogP contribution in [-0.4, -0.2) is 31.4 Å². The van der Waals surface area contributed by atoms with Gasteiger partial charge in [-0.15, -0.1) is 0 Å². The van der Waals surface area contributed by atoms with Crippen LogP contribution >= 0.6 is 11.6 Å². The highest BCUT2D eigenvalue weighted by atomic mass is 35.5. The molecule has 0 bridgehead atoms. The number of morpholine rings is 1. The van der Waals surface area contributed by atoms with Crippen molar-refractivity contribution in [2.75, 3.05) is 26.3 Å². The first-order valence-electron chi connectivity index (χ1n) is 8.03. The molecule has 1 saturated heterocycles. The summed E-state index contributed by atoms with van der Waals surface area (Å²) in [7, 11) is 0. The Bertz CT molecular complexity index is 726. The zero-order valence-corrected chi connectivity index (χ0v) is 14.4. The van der Waals surface area contributed by atoms with Gasteiger partial charge in [-0.1, -0.05) is 11.6 Å². The van der Waals surface area contributed by atoms with Crippen LogP contribution in [0.15, 0.2) is 46.6 Å². The summed E-state index contributed by atoms with van der Waals surface area (Å²) >= 11 is 5.87. The van der Waals surface area contributed by atoms with Crippen LogP contribution in [0.1, 0.15) is 11.1 Å². The Kier molecular flexibility index (Phi) is 5.45. The maximum atomic E-state index is 10.3. The van der Waals surface area contributed by atoms with E-state index in [4.69, 9.17) is 16.3 Å². The van der Waals surface area contributed by atoms with Crippen LogP contribution in [0.25, 0.3) is 0 Å². The SMILES string of the molecule is Cc1cc(N=Nc2ccc(Cl)cc2)cc(C[NH+]2CCOCC2)c1O. The second kappa shape index (κ2) is 7.75. The van der Waals surface area contributed by atoms with Gasteiger partial charge in [0.05, 0.1) is 30.2 Å². The molecule has 126 valence electrons. The van der Waals surface area contributed by atoms with Crippen LogP contribution in [0.4, 0.5) is 11.4 Å². The quantitative estimate of drug-likeness (QED) is 0.835. The van der Waals surface area contributed by atoms with Crippen molar-refractivity contribution in [2.45, 2.75) is 13.5 Å². The fourth-order valence-electron chi connectivity index (χ4n) is 2.75. The highest BCUT2D eigenvalue weighted by molar-refractivity contribution is 6.30. The highest BCUT2D eigenvalue weighted by Crippen LogP contribution is 2.29. The van der Waals surface area contributed by atoms with Gasteiger partial charge < -0.3 is 14.7 Å². The number of phenolic OH excluding ortho intramolecular Hbond substituents is 1. The van der Waals surface area contributed by atoms with E-state index in [1.165, 1.54) is 4.90 Å². The van der Waals surface area contributed by atoms with E-state index < -0.39 is 0 Å². The number of rotatable bonds is 4. The van der Waals surface area contributed by atoms with Crippen molar-refractivity contribution in [3.63, 3.8) is 0 Å². The van der Waals surface area contributed by atoms with Crippen LogP contribution in [0.2, 0.25) is 5.02 Å². The Balaban J connectivity index is 1.79. The molecule has 0 aromatic heterocycles. The van der Waals surface area contributed by atoms with Gasteiger partial charge in [-0.05, 0) is 48.9 Å². The minimum Gasteiger partial charge on any atom is -0.507 e. The second-order valence-corrected chi connectivity index (χ2v) is 6.42. The fraction of sp³-hybridized carbons (Fsp3) is 0.333. The number of benzene rings is 2. The zero-order valence-electron chi connectivity index (χ0n) is 13.6. The number of phenols is 1. The lowest BCUT2D eigenvalue weighted by molar-refractivity contribution is -0.921. The van der Waals surface area contributed by atoms with E-state index in [0.29, 0.717) is 10.8 Å². The summed E-state index contributed by atoms with van der Waals surface area (Å²) in [6.45, 7) is 6.09. The van der Waals surface area contributed by atoms with Crippen LogP contribution < -0.4 is 4.90 Å². The highest BCUT2D eigenvalue weighted by Gasteiger charge is 2.17. The molecule has 5 nitrogen and oxygen atoms in total. The summed E-state index contributed by atoms with van der Waals surface area (Å²) in [5.74, 6) is 0.347. The molecule has 1 aliphatic rings. The van der Waals surface area contributed by atoms with Gasteiger partial charge in [0, 0.05) is 5.02 Å². The number of hydrogen-bond acceptors (Lipinski definition) is 4. The van der Waals surface area contributed by atoms with Crippen LogP contribution in [0, 0.1) is 6.92 Å². The normalized spacial score (nSPS) is 15.9. The summed E-state index contributed by atoms with van der Waals surface area (Å²) in [6, 6.07) is 10.9. The summed E-state index contributed by atoms with van der Waals surface area (Å²) in [6.07, 6.45) is 0. The number of ether oxygens (including phenoxy) is 1. The number of nitrogens with one attached hydrogen (secondary N) is 1. The summed E-state index contributed by atoms with van der Waals surface area (Å²) in [5.41, 5.74) is 3.19. The lowest BCUT2D eigenvalue weighted by Gasteiger charge is -2.24. The smallest absolute Gasteiger partial charge is 0.127 e. The van der Waals surface area contributed by atoms with Crippen molar-refractivity contribution in [3.05, 3.63) is 52.5 Å². The molecule has 1 aliphatic heterocycles. The second-order valence-electron chi connectivity index (χ2n) is 5.99. The molecule has 3 rings (SSSR count). The largest absolute Gasteiger partial charge is 0.507 e. The average molecular weight is 347 g/mol. The Hall–Kier alpha value is -1.95. The van der Waals surface area contributed by atoms with E-state index in [-0.39, 0.29) is 0 Å². The number of halogens is 1. The lowest BCUT2D eigenvalue weighted by atomic mass is 10.1. The number of aromatic hydroxyl groups is 1. The van der Waals surface area contributed by atoms with E-state index in [1.807, 2.05) is 31.2 Å². The topological polar surface area (TPSA) is 58.6 Å². The van der Waals surface area contributed by atoms with Gasteiger partial charge in [0.25, 0.3) is 0 Å². The molecule has 6 heteroatoms. The van der Waals surface area contributed by atoms with Crippen LogP contribution in [0.5, 0.6) is 5.75 Å². The van der Waals surface area contributed by atoms with Crippen LogP contribution in [-0.2, 0) is 11.3 Å². The third kappa shape index (κ3) is 4.32. The maximum absolute atomic E-state index is 10.3. The molecule has 24 heavy (non-hydrogen) atoms. The minimum absolute atomic E-state index is 0.347. The molecule has 0 unspecified atom stereocenters. The minimum atomic E-state index is 0.347. The van der Waals surface area contributed by atoms with Crippen molar-refractivity contribution >= 4 is 23.0 Å². The molecule has 2 aromatic carbocycles. The lowest BCUT2D eigenvalue weighted by Crippen LogP contribution is -3.12. The van der Waals surface area contributed by atoms with Gasteiger partial charge in [-0.25, -0.2) is 0 Å². The summed E-state index contributed by atoms with van der Waals surface area (Å²) < 4.78 is 5.38. The molecule has 0 spiro atoms. The van der Waals surface area contributed by atoms with Gasteiger partial charge in [-0.2, -0.15) is 10.2 Å². The number of azo groups is 1. The molecular formula is C18H21ClN3O2+. The predicted molar refractivity (Wildman–Crippen MR) is 93.7 cm³/mol. The van der Waals surface area contributed by atoms with E-state index in [9.17, 15) is 5.11 Å². The Labute approximate surface area is 146 Å². The Morgan fingerprint density at radius 3 is 2.46 bits per heavy atom. The molecule has 2 aromatic rings. The van der Waals surface area contributed by atoms with E-state index in [1.54, 1.807) is 12.1 Å². The molecule has 0 aliphatic carbocycles. The fourth-order valence-corrected chi connectivity index (χ4v) is 2.88. The van der Waals surface area contributed by atoms with Crippen LogP contribution in [0.3, 0.4) is 0 Å². The number of nitrogens with zero attached hydrogens (tertiary/aromatic N) is 2. The van der Waals surface area contributed by atoms with Gasteiger partial charge in [0.15, 0.2) is 0 Å². The monoisotopic (exact) mass is 346 g/mol. The number of quaternary nitrogens is 1. The van der Waals surface area contributed by atoms with Crippen molar-refractivity contribution in [2.24, 2.45) is 10.2 Å². The molecule has 0 atom stereocenters. The zero-order chi connectivity index (χ0) is 16.9. The van der Waals surface area contributed by atoms with E-state index in [2.05, 4.69) is 10.2 Å². The van der Waals surface area contributed by atoms with Gasteiger partial charge in [0.1, 0.15) is 25.4 Å². The van der Waals surface area contributed by atoms with Gasteiger partial charge in [-0.3, -0.25) is 0 Å². The number of aryl methyl sites for hydroxylation is 1. The first-order chi connectivity index (χ1) is 11.6. The predicted octanol–water partition coefficient (Wildman–Crippen LogP) is 3.18.